The number of hydrogen-bond donors (Lipinski definition) is 0. The van der Waals surface area contributed by atoms with Crippen LogP contribution in [0.15, 0.2) is 18.2 Å². The van der Waals surface area contributed by atoms with Crippen molar-refractivity contribution in [3.8, 4) is 6.07 Å². The molecule has 0 N–H and O–H groups in total. The second kappa shape index (κ2) is 6.70. The van der Waals surface area contributed by atoms with Crippen LogP contribution in [0, 0.1) is 11.3 Å². The molecule has 0 heterocycles. The molecule has 0 radical (unpaired) electrons. The summed E-state index contributed by atoms with van der Waals surface area (Å²) in [5, 5.41) is 8.48. The van der Waals surface area contributed by atoms with Gasteiger partial charge in [0.25, 0.3) is 6.43 Å². The molecule has 0 aliphatic heterocycles. The van der Waals surface area contributed by atoms with E-state index in [9.17, 15) is 13.6 Å². The van der Waals surface area contributed by atoms with E-state index < -0.39 is 12.4 Å². The first-order chi connectivity index (χ1) is 8.58. The van der Waals surface area contributed by atoms with Crippen molar-refractivity contribution in [2.45, 2.75) is 26.2 Å². The van der Waals surface area contributed by atoms with Crippen LogP contribution < -0.4 is 0 Å². The van der Waals surface area contributed by atoms with Gasteiger partial charge in [0.2, 0.25) is 0 Å². The number of halogens is 2. The number of aryl methyl sites for hydroxylation is 1. The van der Waals surface area contributed by atoms with E-state index in [0.717, 1.165) is 6.07 Å². The van der Waals surface area contributed by atoms with Crippen molar-refractivity contribution in [3.63, 3.8) is 0 Å². The molecule has 0 spiro atoms. The predicted molar refractivity (Wildman–Crippen MR) is 61.3 cm³/mol. The summed E-state index contributed by atoms with van der Waals surface area (Å²) < 4.78 is 30.1. The van der Waals surface area contributed by atoms with Gasteiger partial charge in [0.1, 0.15) is 0 Å². The first kappa shape index (κ1) is 14.1. The van der Waals surface area contributed by atoms with Crippen LogP contribution in [0.5, 0.6) is 0 Å². The number of nitriles is 1. The van der Waals surface area contributed by atoms with E-state index in [-0.39, 0.29) is 24.2 Å². The van der Waals surface area contributed by atoms with E-state index in [0.29, 0.717) is 12.0 Å². The van der Waals surface area contributed by atoms with Gasteiger partial charge in [-0.05, 0) is 31.0 Å². The number of rotatable bonds is 5. The lowest BCUT2D eigenvalue weighted by Crippen LogP contribution is -2.06. The van der Waals surface area contributed by atoms with Crippen molar-refractivity contribution in [2.75, 3.05) is 6.61 Å². The maximum atomic E-state index is 12.7. The molecular weight excluding hydrogens is 240 g/mol. The Labute approximate surface area is 104 Å². The van der Waals surface area contributed by atoms with Gasteiger partial charge in [0.05, 0.1) is 18.2 Å². The van der Waals surface area contributed by atoms with Crippen molar-refractivity contribution < 1.29 is 18.3 Å². The highest BCUT2D eigenvalue weighted by atomic mass is 19.3. The van der Waals surface area contributed by atoms with Crippen LogP contribution in [0.2, 0.25) is 0 Å². The number of carbonyl (C=O) groups is 1. The average molecular weight is 253 g/mol. The lowest BCUT2D eigenvalue weighted by Gasteiger charge is -2.08. The van der Waals surface area contributed by atoms with E-state index in [1.807, 2.05) is 6.07 Å². The van der Waals surface area contributed by atoms with Gasteiger partial charge in [0.15, 0.2) is 0 Å². The molecule has 1 rings (SSSR count). The van der Waals surface area contributed by atoms with E-state index >= 15 is 0 Å². The average Bonchev–Trinajstić information content (AvgIpc) is 2.36. The Hall–Kier alpha value is -1.96. The molecule has 0 fully saturated rings. The fourth-order valence-electron chi connectivity index (χ4n) is 1.52. The van der Waals surface area contributed by atoms with Crippen molar-refractivity contribution in [1.29, 1.82) is 5.26 Å². The van der Waals surface area contributed by atoms with Crippen LogP contribution >= 0.6 is 0 Å². The molecule has 5 heteroatoms. The normalized spacial score (nSPS) is 10.2. The number of esters is 1. The third-order valence-electron chi connectivity index (χ3n) is 2.30. The van der Waals surface area contributed by atoms with Crippen LogP contribution in [0.25, 0.3) is 0 Å². The monoisotopic (exact) mass is 253 g/mol. The Morgan fingerprint density at radius 2 is 2.17 bits per heavy atom. The molecule has 0 amide bonds. The zero-order valence-corrected chi connectivity index (χ0v) is 9.95. The second-order valence-electron chi connectivity index (χ2n) is 3.64. The lowest BCUT2D eigenvalue weighted by molar-refractivity contribution is 0.0525. The minimum Gasteiger partial charge on any atom is -0.462 e. The molecule has 0 atom stereocenters. The number of ether oxygens (including phenoxy) is 1. The predicted octanol–water partition coefficient (Wildman–Crippen LogP) is 3.26. The molecule has 0 bridgehead atoms. The van der Waals surface area contributed by atoms with Gasteiger partial charge >= 0.3 is 5.97 Å². The van der Waals surface area contributed by atoms with Gasteiger partial charge in [-0.25, -0.2) is 13.6 Å². The second-order valence-corrected chi connectivity index (χ2v) is 3.64. The third-order valence-corrected chi connectivity index (χ3v) is 2.30. The van der Waals surface area contributed by atoms with Crippen LogP contribution in [0.4, 0.5) is 8.78 Å². The largest absolute Gasteiger partial charge is 0.462 e. The van der Waals surface area contributed by atoms with Gasteiger partial charge < -0.3 is 4.74 Å². The number of carbonyl (C=O) groups excluding carboxylic acids is 1. The van der Waals surface area contributed by atoms with Gasteiger partial charge in [-0.2, -0.15) is 5.26 Å². The molecule has 0 aliphatic rings. The zero-order valence-electron chi connectivity index (χ0n) is 9.95. The Morgan fingerprint density at radius 3 is 2.72 bits per heavy atom. The maximum absolute atomic E-state index is 12.7. The summed E-state index contributed by atoms with van der Waals surface area (Å²) in [4.78, 5) is 11.5. The van der Waals surface area contributed by atoms with E-state index in [1.165, 1.54) is 12.1 Å². The molecule has 1 aromatic carbocycles. The van der Waals surface area contributed by atoms with Crippen LogP contribution in [0.3, 0.4) is 0 Å². The fraction of sp³-hybridized carbons (Fsp3) is 0.385. The zero-order chi connectivity index (χ0) is 13.5. The first-order valence-electron chi connectivity index (χ1n) is 5.54. The lowest BCUT2D eigenvalue weighted by atomic mass is 10.0. The molecule has 96 valence electrons. The fourth-order valence-corrected chi connectivity index (χ4v) is 1.52. The van der Waals surface area contributed by atoms with Crippen molar-refractivity contribution in [2.24, 2.45) is 0 Å². The first-order valence-corrected chi connectivity index (χ1v) is 5.54. The highest BCUT2D eigenvalue weighted by Gasteiger charge is 2.14. The van der Waals surface area contributed by atoms with E-state index in [4.69, 9.17) is 10.00 Å². The van der Waals surface area contributed by atoms with Crippen molar-refractivity contribution >= 4 is 5.97 Å². The number of benzene rings is 1. The van der Waals surface area contributed by atoms with E-state index in [2.05, 4.69) is 0 Å². The summed E-state index contributed by atoms with van der Waals surface area (Å²) in [5.74, 6) is -0.627. The molecule has 18 heavy (non-hydrogen) atoms. The van der Waals surface area contributed by atoms with Gasteiger partial charge in [-0.15, -0.1) is 0 Å². The van der Waals surface area contributed by atoms with Crippen LogP contribution in [0.1, 0.15) is 41.3 Å². The summed E-state index contributed by atoms with van der Waals surface area (Å²) in [5.41, 5.74) is 0.411. The summed E-state index contributed by atoms with van der Waals surface area (Å²) in [6.45, 7) is 1.83. The Morgan fingerprint density at radius 1 is 1.44 bits per heavy atom. The maximum Gasteiger partial charge on any atom is 0.338 e. The summed E-state index contributed by atoms with van der Waals surface area (Å²) in [6, 6.07) is 5.86. The highest BCUT2D eigenvalue weighted by molar-refractivity contribution is 5.89. The quantitative estimate of drug-likeness (QED) is 0.757. The SMILES string of the molecule is CCOC(=O)c1cc(CCC#N)cc(C(F)F)c1. The molecular formula is C13H13F2NO2. The van der Waals surface area contributed by atoms with Crippen molar-refractivity contribution in [1.82, 2.24) is 0 Å². The van der Waals surface area contributed by atoms with Gasteiger partial charge in [-0.1, -0.05) is 6.07 Å². The van der Waals surface area contributed by atoms with Gasteiger partial charge in [0, 0.05) is 12.0 Å². The highest BCUT2D eigenvalue weighted by Crippen LogP contribution is 2.23. The summed E-state index contributed by atoms with van der Waals surface area (Å²) in [7, 11) is 0. The number of hydrogen-bond acceptors (Lipinski definition) is 3. The minimum absolute atomic E-state index is 0.0996. The van der Waals surface area contributed by atoms with E-state index in [1.54, 1.807) is 6.92 Å². The Balaban J connectivity index is 3.06. The Kier molecular flexibility index (Phi) is 5.25. The molecule has 0 aromatic heterocycles. The van der Waals surface area contributed by atoms with Crippen LogP contribution in [-0.4, -0.2) is 12.6 Å². The third kappa shape index (κ3) is 3.81. The molecule has 0 unspecified atom stereocenters. The topological polar surface area (TPSA) is 50.1 Å². The summed E-state index contributed by atoms with van der Waals surface area (Å²) >= 11 is 0. The summed E-state index contributed by atoms with van der Waals surface area (Å²) in [6.07, 6.45) is -2.10. The molecule has 1 aromatic rings. The molecule has 0 saturated carbocycles. The molecule has 3 nitrogen and oxygen atoms in total. The molecule has 0 saturated heterocycles. The van der Waals surface area contributed by atoms with Crippen molar-refractivity contribution in [3.05, 3.63) is 34.9 Å². The number of alkyl halides is 2. The minimum atomic E-state index is -2.65. The standard InChI is InChI=1S/C13H13F2NO2/c1-2-18-13(17)11-7-9(4-3-5-16)6-10(8-11)12(14)15/h6-8,12H,2-4H2,1H3. The molecule has 0 aliphatic carbocycles. The van der Waals surface area contributed by atoms with Gasteiger partial charge in [-0.3, -0.25) is 0 Å². The Bertz CT molecular complexity index is 467. The number of nitrogens with zero attached hydrogens (tertiary/aromatic N) is 1. The van der Waals surface area contributed by atoms with Crippen LogP contribution in [-0.2, 0) is 11.2 Å². The smallest absolute Gasteiger partial charge is 0.338 e.